The van der Waals surface area contributed by atoms with Crippen LogP contribution in [0.1, 0.15) is 49.4 Å². The van der Waals surface area contributed by atoms with E-state index >= 15 is 0 Å². The summed E-state index contributed by atoms with van der Waals surface area (Å²) in [7, 11) is 4.12. The normalized spacial score (nSPS) is 18.6. The Kier molecular flexibility index (Phi) is 7.85. The Morgan fingerprint density at radius 2 is 2.03 bits per heavy atom. The molecule has 2 heterocycles. The molecule has 3 rings (SSSR count). The van der Waals surface area contributed by atoms with Gasteiger partial charge in [-0.1, -0.05) is 38.1 Å². The lowest BCUT2D eigenvalue weighted by atomic mass is 9.89. The molecule has 7 nitrogen and oxygen atoms in total. The molecule has 0 spiro atoms. The summed E-state index contributed by atoms with van der Waals surface area (Å²) in [5.74, 6) is -0.350. The molecule has 32 heavy (non-hydrogen) atoms. The summed E-state index contributed by atoms with van der Waals surface area (Å²) in [4.78, 5) is 34.1. The summed E-state index contributed by atoms with van der Waals surface area (Å²) >= 11 is 0. The van der Waals surface area contributed by atoms with Crippen LogP contribution in [0.2, 0.25) is 0 Å². The molecule has 0 radical (unpaired) electrons. The molecule has 1 unspecified atom stereocenters. The van der Waals surface area contributed by atoms with Crippen molar-refractivity contribution in [1.29, 1.82) is 0 Å². The third-order valence-electron chi connectivity index (χ3n) is 6.10. The molecule has 0 bridgehead atoms. The first-order valence-corrected chi connectivity index (χ1v) is 11.4. The second-order valence-corrected chi connectivity index (χ2v) is 9.03. The van der Waals surface area contributed by atoms with Crippen molar-refractivity contribution in [2.24, 2.45) is 5.92 Å². The van der Waals surface area contributed by atoms with Crippen molar-refractivity contribution >= 4 is 23.3 Å². The van der Waals surface area contributed by atoms with Gasteiger partial charge < -0.3 is 20.9 Å². The van der Waals surface area contributed by atoms with Crippen LogP contribution < -0.4 is 11.1 Å². The quantitative estimate of drug-likeness (QED) is 0.677. The molecule has 2 atom stereocenters. The molecule has 1 fully saturated rings. The van der Waals surface area contributed by atoms with E-state index in [9.17, 15) is 9.59 Å². The highest BCUT2D eigenvalue weighted by Crippen LogP contribution is 2.34. The molecule has 2 amide bonds. The minimum Gasteiger partial charge on any atom is -0.383 e. The summed E-state index contributed by atoms with van der Waals surface area (Å²) in [5, 5.41) is 2.72. The maximum Gasteiger partial charge on any atom is 0.313 e. The Bertz CT molecular complexity index is 959. The van der Waals surface area contributed by atoms with Gasteiger partial charge in [-0.15, -0.1) is 0 Å². The average molecular weight is 438 g/mol. The molecule has 1 aromatic carbocycles. The number of carbonyl (C=O) groups is 2. The number of amides is 2. The third kappa shape index (κ3) is 5.85. The van der Waals surface area contributed by atoms with Gasteiger partial charge in [0.25, 0.3) is 0 Å². The predicted molar refractivity (Wildman–Crippen MR) is 128 cm³/mol. The maximum absolute atomic E-state index is 13.2. The van der Waals surface area contributed by atoms with Crippen LogP contribution in [0.3, 0.4) is 0 Å². The lowest BCUT2D eigenvalue weighted by molar-refractivity contribution is -0.146. The van der Waals surface area contributed by atoms with Gasteiger partial charge in [0.2, 0.25) is 0 Å². The van der Waals surface area contributed by atoms with Crippen LogP contribution in [0.4, 0.5) is 11.5 Å². The molecule has 0 aliphatic carbocycles. The zero-order valence-corrected chi connectivity index (χ0v) is 19.6. The van der Waals surface area contributed by atoms with E-state index in [4.69, 9.17) is 5.73 Å². The largest absolute Gasteiger partial charge is 0.383 e. The van der Waals surface area contributed by atoms with E-state index < -0.39 is 11.8 Å². The average Bonchev–Trinajstić information content (AvgIpc) is 2.78. The molecule has 1 aliphatic heterocycles. The Morgan fingerprint density at radius 3 is 2.75 bits per heavy atom. The van der Waals surface area contributed by atoms with Gasteiger partial charge in [-0.2, -0.15) is 0 Å². The first-order chi connectivity index (χ1) is 15.3. The molecule has 0 saturated carbocycles. The molecular formula is C25H35N5O2. The first kappa shape index (κ1) is 23.7. The van der Waals surface area contributed by atoms with Gasteiger partial charge in [0.1, 0.15) is 5.82 Å². The Hall–Kier alpha value is -2.93. The zero-order chi connectivity index (χ0) is 23.3. The molecule has 1 saturated heterocycles. The van der Waals surface area contributed by atoms with Gasteiger partial charge in [0, 0.05) is 13.1 Å². The monoisotopic (exact) mass is 437 g/mol. The number of anilines is 2. The first-order valence-electron chi connectivity index (χ1n) is 11.4. The van der Waals surface area contributed by atoms with Gasteiger partial charge in [-0.3, -0.25) is 9.59 Å². The number of aryl methyl sites for hydroxylation is 1. The topological polar surface area (TPSA) is 91.6 Å². The number of likely N-dealkylation sites (N-methyl/N-ethyl adjacent to an activating group) is 1. The summed E-state index contributed by atoms with van der Waals surface area (Å²) in [6, 6.07) is 10.1. The predicted octanol–water partition coefficient (Wildman–Crippen LogP) is 3.27. The smallest absolute Gasteiger partial charge is 0.313 e. The number of likely N-dealkylation sites (tertiary alicyclic amines) is 1. The van der Waals surface area contributed by atoms with Crippen molar-refractivity contribution in [3.63, 3.8) is 0 Å². The van der Waals surface area contributed by atoms with Gasteiger partial charge in [-0.25, -0.2) is 4.98 Å². The van der Waals surface area contributed by atoms with Crippen LogP contribution in [-0.2, 0) is 22.4 Å². The number of carbonyl (C=O) groups excluding carboxylic acids is 2. The molecule has 172 valence electrons. The molecule has 3 N–H and O–H groups in total. The van der Waals surface area contributed by atoms with Crippen molar-refractivity contribution in [2.45, 2.75) is 45.6 Å². The second kappa shape index (κ2) is 10.6. The van der Waals surface area contributed by atoms with Crippen molar-refractivity contribution in [3.05, 3.63) is 53.2 Å². The van der Waals surface area contributed by atoms with Gasteiger partial charge in [0.15, 0.2) is 0 Å². The molecule has 2 aromatic rings. The fraction of sp³-hybridized carbons (Fsp3) is 0.480. The van der Waals surface area contributed by atoms with E-state index in [1.807, 2.05) is 13.0 Å². The van der Waals surface area contributed by atoms with E-state index in [0.717, 1.165) is 36.9 Å². The minimum atomic E-state index is -0.638. The second-order valence-electron chi connectivity index (χ2n) is 9.03. The number of nitrogens with one attached hydrogen (secondary N) is 1. The standard InChI is InChI=1S/C25H35N5O2/c1-5-19-14-21(15-27-23(19)26)28-24(31)25(32)30-16-17(2)9-10-22(30)20-8-6-7-18(13-20)11-12-29(3)4/h6-8,13-15,17,22H,5,9-12,16H2,1-4H3,(H2,26,27)(H,28,31)/t17-,22?/m0/s1. The SMILES string of the molecule is CCc1cc(NC(=O)C(=O)N2C[C@@H](C)CCC2c2cccc(CCN(C)C)c2)cnc1N. The Morgan fingerprint density at radius 1 is 1.25 bits per heavy atom. The van der Waals surface area contributed by atoms with E-state index in [2.05, 4.69) is 54.4 Å². The summed E-state index contributed by atoms with van der Waals surface area (Å²) < 4.78 is 0. The fourth-order valence-electron chi connectivity index (χ4n) is 4.22. The van der Waals surface area contributed by atoms with Crippen molar-refractivity contribution in [3.8, 4) is 0 Å². The number of pyridine rings is 1. The summed E-state index contributed by atoms with van der Waals surface area (Å²) in [5.41, 5.74) is 9.52. The van der Waals surface area contributed by atoms with Gasteiger partial charge >= 0.3 is 11.8 Å². The minimum absolute atomic E-state index is 0.0977. The maximum atomic E-state index is 13.2. The Balaban J connectivity index is 1.78. The van der Waals surface area contributed by atoms with Crippen LogP contribution >= 0.6 is 0 Å². The molecule has 1 aliphatic rings. The number of hydrogen-bond donors (Lipinski definition) is 2. The summed E-state index contributed by atoms with van der Waals surface area (Å²) in [6.07, 6.45) is 5.01. The number of aromatic nitrogens is 1. The van der Waals surface area contributed by atoms with Crippen LogP contribution in [0.15, 0.2) is 36.5 Å². The van der Waals surface area contributed by atoms with Crippen LogP contribution in [0.5, 0.6) is 0 Å². The Labute approximate surface area is 191 Å². The van der Waals surface area contributed by atoms with E-state index in [1.54, 1.807) is 11.0 Å². The van der Waals surface area contributed by atoms with Gasteiger partial charge in [0.05, 0.1) is 17.9 Å². The number of hydrogen-bond acceptors (Lipinski definition) is 5. The van der Waals surface area contributed by atoms with E-state index in [-0.39, 0.29) is 6.04 Å². The number of nitrogen functional groups attached to an aromatic ring is 1. The molecule has 7 heteroatoms. The molecular weight excluding hydrogens is 402 g/mol. The highest BCUT2D eigenvalue weighted by Gasteiger charge is 2.34. The van der Waals surface area contributed by atoms with E-state index in [0.29, 0.717) is 30.4 Å². The third-order valence-corrected chi connectivity index (χ3v) is 6.10. The van der Waals surface area contributed by atoms with Crippen molar-refractivity contribution in [1.82, 2.24) is 14.8 Å². The number of piperidine rings is 1. The van der Waals surface area contributed by atoms with Crippen molar-refractivity contribution in [2.75, 3.05) is 38.2 Å². The zero-order valence-electron chi connectivity index (χ0n) is 19.6. The van der Waals surface area contributed by atoms with Crippen LogP contribution in [0, 0.1) is 5.92 Å². The highest BCUT2D eigenvalue weighted by molar-refractivity contribution is 6.39. The van der Waals surface area contributed by atoms with Crippen molar-refractivity contribution < 1.29 is 9.59 Å². The number of rotatable bonds is 6. The number of nitrogens with zero attached hydrogens (tertiary/aromatic N) is 3. The molecule has 1 aromatic heterocycles. The van der Waals surface area contributed by atoms with Crippen LogP contribution in [-0.4, -0.2) is 53.8 Å². The summed E-state index contributed by atoms with van der Waals surface area (Å²) in [6.45, 7) is 5.63. The number of benzene rings is 1. The van der Waals surface area contributed by atoms with Crippen LogP contribution in [0.25, 0.3) is 0 Å². The number of nitrogens with two attached hydrogens (primary N) is 1. The van der Waals surface area contributed by atoms with E-state index in [1.165, 1.54) is 11.8 Å². The lowest BCUT2D eigenvalue weighted by Crippen LogP contribution is -2.46. The lowest BCUT2D eigenvalue weighted by Gasteiger charge is -2.38. The highest BCUT2D eigenvalue weighted by atomic mass is 16.2. The fourth-order valence-corrected chi connectivity index (χ4v) is 4.22. The van der Waals surface area contributed by atoms with Gasteiger partial charge in [-0.05, 0) is 68.5 Å².